The summed E-state index contributed by atoms with van der Waals surface area (Å²) in [6.07, 6.45) is 4.99. The van der Waals surface area contributed by atoms with Crippen LogP contribution >= 0.6 is 0 Å². The fourth-order valence-electron chi connectivity index (χ4n) is 10.7. The van der Waals surface area contributed by atoms with E-state index in [2.05, 4.69) is 43.6 Å². The number of nitrogens with zero attached hydrogens (tertiary/aromatic N) is 1. The molecule has 9 rings (SSSR count). The van der Waals surface area contributed by atoms with Gasteiger partial charge in [-0.25, -0.2) is 0 Å². The highest BCUT2D eigenvalue weighted by Crippen LogP contribution is 2.51. The van der Waals surface area contributed by atoms with Gasteiger partial charge in [-0.05, 0) is 86.5 Å². The zero-order valence-corrected chi connectivity index (χ0v) is 32.0. The van der Waals surface area contributed by atoms with Crippen molar-refractivity contribution in [2.75, 3.05) is 16.0 Å². The van der Waals surface area contributed by atoms with E-state index in [0.29, 0.717) is 80.5 Å². The van der Waals surface area contributed by atoms with Gasteiger partial charge in [-0.15, -0.1) is 0 Å². The molecule has 12 nitrogen and oxygen atoms in total. The smallest absolute Gasteiger partial charge is 0.295 e. The van der Waals surface area contributed by atoms with E-state index in [1.54, 1.807) is 30.3 Å². The second kappa shape index (κ2) is 11.5. The molecule has 3 aliphatic carbocycles. The molecule has 14 heteroatoms. The molecule has 4 aromatic rings. The molecule has 0 bridgehead atoms. The first kappa shape index (κ1) is 35.2. The van der Waals surface area contributed by atoms with Crippen molar-refractivity contribution in [2.24, 2.45) is 28.7 Å². The summed E-state index contributed by atoms with van der Waals surface area (Å²) in [5.74, 6) is 0.675. The molecule has 0 saturated heterocycles. The summed E-state index contributed by atoms with van der Waals surface area (Å²) < 4.78 is 70.3. The summed E-state index contributed by atoms with van der Waals surface area (Å²) in [6.45, 7) is 8.70. The van der Waals surface area contributed by atoms with E-state index in [4.69, 9.17) is 4.99 Å². The number of nitrogens with one attached hydrogen (secondary N) is 3. The minimum atomic E-state index is -4.61. The van der Waals surface area contributed by atoms with Gasteiger partial charge in [-0.2, -0.15) is 16.8 Å². The monoisotopic (exact) mass is 770 g/mol. The van der Waals surface area contributed by atoms with Gasteiger partial charge >= 0.3 is 0 Å². The van der Waals surface area contributed by atoms with Crippen LogP contribution in [-0.4, -0.2) is 48.2 Å². The number of rotatable bonds is 3. The molecule has 0 aromatic heterocycles. The molecule has 2 aliphatic heterocycles. The highest BCUT2D eigenvalue weighted by atomic mass is 32.2. The van der Waals surface area contributed by atoms with Crippen LogP contribution in [0.15, 0.2) is 69.1 Å². The fourth-order valence-corrected chi connectivity index (χ4v) is 12.0. The number of ketones is 1. The maximum atomic E-state index is 14.6. The van der Waals surface area contributed by atoms with Crippen LogP contribution in [0.5, 0.6) is 0 Å². The van der Waals surface area contributed by atoms with E-state index >= 15 is 0 Å². The SMILES string of the molecule is CC1CC(C)CC2(C1)N=c1/c(=C3/C(=O)C(c4ccc5c(S(=O)(=O)O)ccc6c5c4NC4(CC(C)CC(C)C4)N6)=C3O)ccc3c(S(=O)(=O)O)ccc(c13)N2. The Balaban J connectivity index is 1.31. The van der Waals surface area contributed by atoms with Crippen LogP contribution in [0.2, 0.25) is 0 Å². The predicted octanol–water partition coefficient (Wildman–Crippen LogP) is 6.38. The van der Waals surface area contributed by atoms with Gasteiger partial charge in [0.1, 0.15) is 26.9 Å². The number of aliphatic hydroxyl groups is 1. The van der Waals surface area contributed by atoms with Gasteiger partial charge in [0.25, 0.3) is 20.2 Å². The molecule has 2 heterocycles. The average Bonchev–Trinajstić information content (AvgIpc) is 3.04. The van der Waals surface area contributed by atoms with Crippen molar-refractivity contribution in [1.82, 2.24) is 0 Å². The number of allylic oxidation sites excluding steroid dienone is 2. The predicted molar refractivity (Wildman–Crippen MR) is 207 cm³/mol. The molecule has 4 unspecified atom stereocenters. The van der Waals surface area contributed by atoms with E-state index in [9.17, 15) is 35.8 Å². The van der Waals surface area contributed by atoms with E-state index < -0.39 is 37.3 Å². The Labute approximate surface area is 313 Å². The molecular formula is C40H42N4O8S2. The third-order valence-corrected chi connectivity index (χ3v) is 13.9. The van der Waals surface area contributed by atoms with Crippen molar-refractivity contribution in [1.29, 1.82) is 0 Å². The molecule has 0 amide bonds. The van der Waals surface area contributed by atoms with Crippen molar-refractivity contribution in [2.45, 2.75) is 87.3 Å². The number of Topliss-reactive ketones (excluding diaryl/α,β-unsaturated/α-hetero) is 1. The maximum absolute atomic E-state index is 14.6. The van der Waals surface area contributed by atoms with E-state index in [1.807, 2.05) is 0 Å². The number of carbonyl (C=O) groups excluding carboxylic acids is 1. The van der Waals surface area contributed by atoms with Gasteiger partial charge in [-0.3, -0.25) is 18.9 Å². The highest BCUT2D eigenvalue weighted by molar-refractivity contribution is 7.86. The first-order valence-electron chi connectivity index (χ1n) is 18.4. The molecule has 2 saturated carbocycles. The Kier molecular flexibility index (Phi) is 7.51. The summed E-state index contributed by atoms with van der Waals surface area (Å²) in [7, 11) is -9.21. The second-order valence-electron chi connectivity index (χ2n) is 16.7. The largest absolute Gasteiger partial charge is 0.506 e. The van der Waals surface area contributed by atoms with Gasteiger partial charge in [-0.1, -0.05) is 52.0 Å². The molecule has 5 aliphatic rings. The molecular weight excluding hydrogens is 729 g/mol. The lowest BCUT2D eigenvalue weighted by Crippen LogP contribution is -2.53. The number of anilines is 3. The minimum Gasteiger partial charge on any atom is -0.506 e. The molecule has 6 N–H and O–H groups in total. The summed E-state index contributed by atoms with van der Waals surface area (Å²) in [4.78, 5) is 19.3. The van der Waals surface area contributed by atoms with Gasteiger partial charge in [0.05, 0.1) is 22.2 Å². The Hall–Kier alpha value is -4.50. The van der Waals surface area contributed by atoms with Gasteiger partial charge in [0, 0.05) is 43.7 Å². The van der Waals surface area contributed by atoms with Gasteiger partial charge < -0.3 is 21.1 Å². The first-order chi connectivity index (χ1) is 25.4. The van der Waals surface area contributed by atoms with E-state index in [0.717, 1.165) is 25.7 Å². The molecule has 2 fully saturated rings. The molecule has 2 spiro atoms. The van der Waals surface area contributed by atoms with Crippen molar-refractivity contribution < 1.29 is 35.8 Å². The van der Waals surface area contributed by atoms with Gasteiger partial charge in [0.15, 0.2) is 0 Å². The number of hydrogen-bond donors (Lipinski definition) is 6. The van der Waals surface area contributed by atoms with Crippen LogP contribution in [-0.2, 0) is 25.0 Å². The van der Waals surface area contributed by atoms with Crippen LogP contribution in [0.1, 0.15) is 71.8 Å². The van der Waals surface area contributed by atoms with Crippen LogP contribution in [0, 0.1) is 23.7 Å². The first-order valence-corrected chi connectivity index (χ1v) is 21.3. The van der Waals surface area contributed by atoms with Gasteiger partial charge in [0.2, 0.25) is 5.78 Å². The molecule has 0 radical (unpaired) electrons. The Bertz CT molecular complexity index is 2760. The zero-order chi connectivity index (χ0) is 38.3. The number of carbonyl (C=O) groups is 1. The molecule has 4 atom stereocenters. The highest BCUT2D eigenvalue weighted by Gasteiger charge is 2.45. The van der Waals surface area contributed by atoms with Crippen LogP contribution in [0.4, 0.5) is 17.1 Å². The van der Waals surface area contributed by atoms with Crippen molar-refractivity contribution in [3.05, 3.63) is 70.4 Å². The number of benzene rings is 4. The van der Waals surface area contributed by atoms with Crippen molar-refractivity contribution in [3.63, 3.8) is 0 Å². The summed E-state index contributed by atoms with van der Waals surface area (Å²) >= 11 is 0. The zero-order valence-electron chi connectivity index (χ0n) is 30.3. The average molecular weight is 771 g/mol. The lowest BCUT2D eigenvalue weighted by Gasteiger charge is -2.48. The lowest BCUT2D eigenvalue weighted by molar-refractivity contribution is -0.109. The number of aliphatic hydroxyl groups excluding tert-OH is 1. The second-order valence-corrected chi connectivity index (χ2v) is 19.5. The third-order valence-electron chi connectivity index (χ3n) is 12.1. The van der Waals surface area contributed by atoms with Crippen molar-refractivity contribution >= 4 is 75.8 Å². The third kappa shape index (κ3) is 5.28. The standard InChI is InChI=1S/C40H42N4O8S2/c1-19-13-20(2)16-39(15-19)41-27-9-11-29(53(47,48)49)23-5-7-25(35(43-39)31(23)27)33-37(45)34(38(33)46)26-8-6-24-30(54(50,51)52)12-10-28-32(24)36(26)44-40(42-28)17-21(3)14-22(4)18-40/h5-12,19-22,41-43,45H,13-18H2,1-4H3,(H,47,48,49)(H,50,51,52)/b34-26+. The van der Waals surface area contributed by atoms with E-state index in [-0.39, 0.29) is 37.5 Å². The molecule has 4 aromatic carbocycles. The fraction of sp³-hybridized carbons (Fsp3) is 0.400. The maximum Gasteiger partial charge on any atom is 0.295 e. The Morgan fingerprint density at radius 2 is 1.20 bits per heavy atom. The number of hydrogen-bond acceptors (Lipinski definition) is 10. The molecule has 282 valence electrons. The normalized spacial score (nSPS) is 30.1. The Morgan fingerprint density at radius 3 is 1.78 bits per heavy atom. The molecule has 54 heavy (non-hydrogen) atoms. The Morgan fingerprint density at radius 1 is 0.667 bits per heavy atom. The van der Waals surface area contributed by atoms with E-state index in [1.165, 1.54) is 18.2 Å². The minimum absolute atomic E-state index is 0.0329. The summed E-state index contributed by atoms with van der Waals surface area (Å²) in [6, 6.07) is 12.2. The lowest BCUT2D eigenvalue weighted by atomic mass is 9.74. The van der Waals surface area contributed by atoms with Crippen LogP contribution in [0.25, 0.3) is 32.7 Å². The summed E-state index contributed by atoms with van der Waals surface area (Å²) in [5.41, 5.74) is 0.897. The summed E-state index contributed by atoms with van der Waals surface area (Å²) in [5, 5.41) is 25.0. The van der Waals surface area contributed by atoms with Crippen LogP contribution < -0.4 is 26.5 Å². The van der Waals surface area contributed by atoms with Crippen LogP contribution in [0.3, 0.4) is 0 Å². The quantitative estimate of drug-likeness (QED) is 0.127. The topological polar surface area (TPSA) is 194 Å². The van der Waals surface area contributed by atoms with Crippen molar-refractivity contribution in [3.8, 4) is 0 Å².